The number of esters is 1. The molecule has 0 saturated heterocycles. The minimum atomic E-state index is -0.364. The molecule has 0 spiro atoms. The molecule has 0 aliphatic carbocycles. The van der Waals surface area contributed by atoms with Gasteiger partial charge in [0, 0.05) is 16.8 Å². The molecule has 0 atom stereocenters. The molecule has 1 aliphatic heterocycles. The smallest absolute Gasteiger partial charge is 0.338 e. The van der Waals surface area contributed by atoms with E-state index in [1.54, 1.807) is 49.3 Å². The number of rotatable bonds is 4. The van der Waals surface area contributed by atoms with E-state index in [1.165, 1.54) is 0 Å². The number of carbonyl (C=O) groups excluding carboxylic acids is 2. The molecule has 0 aromatic heterocycles. The summed E-state index contributed by atoms with van der Waals surface area (Å²) in [5.41, 5.74) is 2.74. The van der Waals surface area contributed by atoms with Crippen molar-refractivity contribution in [1.29, 1.82) is 0 Å². The summed E-state index contributed by atoms with van der Waals surface area (Å²) < 4.78 is 10.3. The number of hydrogen-bond acceptors (Lipinski definition) is 4. The van der Waals surface area contributed by atoms with Crippen LogP contribution < -0.4 is 9.64 Å². The fourth-order valence-corrected chi connectivity index (χ4v) is 2.70. The van der Waals surface area contributed by atoms with Crippen LogP contribution in [-0.2, 0) is 11.3 Å². The molecule has 23 heavy (non-hydrogen) atoms. The molecule has 1 amide bonds. The van der Waals surface area contributed by atoms with Crippen molar-refractivity contribution in [2.75, 3.05) is 18.6 Å². The molecule has 0 bridgehead atoms. The van der Waals surface area contributed by atoms with E-state index in [1.807, 2.05) is 12.1 Å². The Labute approximate surface area is 134 Å². The zero-order valence-electron chi connectivity index (χ0n) is 13.0. The fourth-order valence-electron chi connectivity index (χ4n) is 2.70. The first kappa shape index (κ1) is 15.1. The first-order chi connectivity index (χ1) is 11.2. The summed E-state index contributed by atoms with van der Waals surface area (Å²) in [5.74, 6) is 0.279. The van der Waals surface area contributed by atoms with Crippen molar-refractivity contribution in [2.45, 2.75) is 13.5 Å². The minimum absolute atomic E-state index is 0.0669. The van der Waals surface area contributed by atoms with Crippen molar-refractivity contribution >= 4 is 17.6 Å². The monoisotopic (exact) mass is 311 g/mol. The predicted molar refractivity (Wildman–Crippen MR) is 85.9 cm³/mol. The van der Waals surface area contributed by atoms with Crippen LogP contribution in [0, 0.1) is 0 Å². The Balaban J connectivity index is 1.87. The van der Waals surface area contributed by atoms with Crippen LogP contribution in [0.25, 0.3) is 0 Å². The highest BCUT2D eigenvalue weighted by Crippen LogP contribution is 2.33. The van der Waals surface area contributed by atoms with Crippen LogP contribution in [0.1, 0.15) is 33.2 Å². The summed E-state index contributed by atoms with van der Waals surface area (Å²) in [6, 6.07) is 12.3. The molecular formula is C18H17NO4. The lowest BCUT2D eigenvalue weighted by molar-refractivity contribution is 0.0526. The quantitative estimate of drug-likeness (QED) is 0.814. The first-order valence-corrected chi connectivity index (χ1v) is 7.40. The van der Waals surface area contributed by atoms with Crippen molar-refractivity contribution in [3.05, 3.63) is 59.2 Å². The van der Waals surface area contributed by atoms with Gasteiger partial charge in [0.2, 0.25) is 0 Å². The number of benzene rings is 2. The summed E-state index contributed by atoms with van der Waals surface area (Å²) >= 11 is 0. The molecule has 2 aromatic rings. The average Bonchev–Trinajstić information content (AvgIpc) is 2.92. The Morgan fingerprint density at radius 1 is 1.17 bits per heavy atom. The van der Waals surface area contributed by atoms with Crippen LogP contribution >= 0.6 is 0 Å². The van der Waals surface area contributed by atoms with Gasteiger partial charge >= 0.3 is 5.97 Å². The Hall–Kier alpha value is -2.82. The van der Waals surface area contributed by atoms with Gasteiger partial charge in [0.05, 0.1) is 25.8 Å². The third kappa shape index (κ3) is 2.65. The Morgan fingerprint density at radius 3 is 2.57 bits per heavy atom. The van der Waals surface area contributed by atoms with Gasteiger partial charge in [-0.25, -0.2) is 4.79 Å². The second kappa shape index (κ2) is 6.12. The SMILES string of the molecule is CCOC(=O)c1ccc(N2Cc3c(OC)cccc3C2=O)cc1. The van der Waals surface area contributed by atoms with Gasteiger partial charge < -0.3 is 14.4 Å². The van der Waals surface area contributed by atoms with Crippen molar-refractivity contribution in [3.8, 4) is 5.75 Å². The average molecular weight is 311 g/mol. The molecule has 2 aromatic carbocycles. The minimum Gasteiger partial charge on any atom is -0.496 e. The van der Waals surface area contributed by atoms with Gasteiger partial charge in [0.1, 0.15) is 5.75 Å². The number of hydrogen-bond donors (Lipinski definition) is 0. The molecule has 0 radical (unpaired) electrons. The third-order valence-electron chi connectivity index (χ3n) is 3.83. The Morgan fingerprint density at radius 2 is 1.91 bits per heavy atom. The van der Waals surface area contributed by atoms with Crippen LogP contribution in [-0.4, -0.2) is 25.6 Å². The second-order valence-electron chi connectivity index (χ2n) is 5.15. The predicted octanol–water partition coefficient (Wildman–Crippen LogP) is 3.03. The van der Waals surface area contributed by atoms with E-state index in [2.05, 4.69) is 0 Å². The van der Waals surface area contributed by atoms with Gasteiger partial charge in [0.15, 0.2) is 0 Å². The highest BCUT2D eigenvalue weighted by Gasteiger charge is 2.30. The van der Waals surface area contributed by atoms with Crippen LogP contribution in [0.5, 0.6) is 5.75 Å². The molecule has 0 saturated carbocycles. The maximum absolute atomic E-state index is 12.6. The number of methoxy groups -OCH3 is 1. The van der Waals surface area contributed by atoms with Crippen LogP contribution in [0.4, 0.5) is 5.69 Å². The number of ether oxygens (including phenoxy) is 2. The maximum Gasteiger partial charge on any atom is 0.338 e. The fraction of sp³-hybridized carbons (Fsp3) is 0.222. The van der Waals surface area contributed by atoms with E-state index in [9.17, 15) is 9.59 Å². The highest BCUT2D eigenvalue weighted by molar-refractivity contribution is 6.10. The lowest BCUT2D eigenvalue weighted by atomic mass is 10.1. The zero-order valence-corrected chi connectivity index (χ0v) is 13.0. The van der Waals surface area contributed by atoms with Gasteiger partial charge in [-0.15, -0.1) is 0 Å². The number of carbonyl (C=O) groups is 2. The van der Waals surface area contributed by atoms with Crippen molar-refractivity contribution in [1.82, 2.24) is 0 Å². The molecule has 5 heteroatoms. The summed E-state index contributed by atoms with van der Waals surface area (Å²) in [4.78, 5) is 25.9. The molecule has 0 fully saturated rings. The van der Waals surface area contributed by atoms with E-state index >= 15 is 0 Å². The van der Waals surface area contributed by atoms with Gasteiger partial charge in [-0.1, -0.05) is 6.07 Å². The van der Waals surface area contributed by atoms with Crippen molar-refractivity contribution < 1.29 is 19.1 Å². The molecule has 3 rings (SSSR count). The Kier molecular flexibility index (Phi) is 4.02. The van der Waals surface area contributed by atoms with E-state index in [-0.39, 0.29) is 11.9 Å². The van der Waals surface area contributed by atoms with Gasteiger partial charge in [0.25, 0.3) is 5.91 Å². The number of nitrogens with zero attached hydrogens (tertiary/aromatic N) is 1. The third-order valence-corrected chi connectivity index (χ3v) is 3.83. The van der Waals surface area contributed by atoms with Crippen molar-refractivity contribution in [3.63, 3.8) is 0 Å². The van der Waals surface area contributed by atoms with E-state index in [0.717, 1.165) is 11.3 Å². The zero-order chi connectivity index (χ0) is 16.4. The molecule has 5 nitrogen and oxygen atoms in total. The van der Waals surface area contributed by atoms with Crippen LogP contribution in [0.15, 0.2) is 42.5 Å². The standard InChI is InChI=1S/C18H17NO4/c1-3-23-18(21)12-7-9-13(10-8-12)19-11-15-14(17(19)20)5-4-6-16(15)22-2/h4-10H,3,11H2,1-2H3. The summed E-state index contributed by atoms with van der Waals surface area (Å²) in [5, 5.41) is 0. The topological polar surface area (TPSA) is 55.8 Å². The van der Waals surface area contributed by atoms with Crippen LogP contribution in [0.3, 0.4) is 0 Å². The number of anilines is 1. The summed E-state index contributed by atoms with van der Waals surface area (Å²) in [6.45, 7) is 2.55. The summed E-state index contributed by atoms with van der Waals surface area (Å²) in [7, 11) is 1.59. The van der Waals surface area contributed by atoms with Crippen molar-refractivity contribution in [2.24, 2.45) is 0 Å². The van der Waals surface area contributed by atoms with E-state index in [4.69, 9.17) is 9.47 Å². The van der Waals surface area contributed by atoms with E-state index < -0.39 is 0 Å². The lowest BCUT2D eigenvalue weighted by Crippen LogP contribution is -2.23. The normalized spacial score (nSPS) is 13.0. The first-order valence-electron chi connectivity index (χ1n) is 7.40. The van der Waals surface area contributed by atoms with Crippen LogP contribution in [0.2, 0.25) is 0 Å². The molecular weight excluding hydrogens is 294 g/mol. The largest absolute Gasteiger partial charge is 0.496 e. The van der Waals surface area contributed by atoms with Gasteiger partial charge in [-0.2, -0.15) is 0 Å². The molecule has 118 valence electrons. The highest BCUT2D eigenvalue weighted by atomic mass is 16.5. The molecule has 1 aliphatic rings. The van der Waals surface area contributed by atoms with Gasteiger partial charge in [-0.05, 0) is 43.3 Å². The molecule has 0 unspecified atom stereocenters. The van der Waals surface area contributed by atoms with E-state index in [0.29, 0.717) is 30.0 Å². The number of amides is 1. The Bertz CT molecular complexity index is 752. The van der Waals surface area contributed by atoms with Gasteiger partial charge in [-0.3, -0.25) is 4.79 Å². The molecule has 0 N–H and O–H groups in total. The molecule has 1 heterocycles. The lowest BCUT2D eigenvalue weighted by Gasteiger charge is -2.16. The summed E-state index contributed by atoms with van der Waals surface area (Å²) in [6.07, 6.45) is 0. The maximum atomic E-state index is 12.6. The number of fused-ring (bicyclic) bond motifs is 1. The second-order valence-corrected chi connectivity index (χ2v) is 5.15.